The lowest BCUT2D eigenvalue weighted by molar-refractivity contribution is -0.880. The molecule has 1 nitrogen and oxygen atoms in total. The van der Waals surface area contributed by atoms with Crippen LogP contribution < -0.4 is 26.8 Å². The average Bonchev–Trinajstić information content (AvgIpc) is 0.735. The number of halogens is 20. The number of hydrogen-bond donors (Lipinski definition) is 1. The first-order chi connectivity index (χ1) is 40.5. The Bertz CT molecular complexity index is 2250. The van der Waals surface area contributed by atoms with Gasteiger partial charge in [0.15, 0.2) is 69.8 Å². The van der Waals surface area contributed by atoms with Crippen molar-refractivity contribution in [2.75, 3.05) is 20.1 Å². The molecule has 0 saturated carbocycles. The summed E-state index contributed by atoms with van der Waals surface area (Å²) in [7, 11) is 2.43. The van der Waals surface area contributed by atoms with E-state index in [1.165, 1.54) is 231 Å². The second-order valence-electron chi connectivity index (χ2n) is 22.6. The third-order valence-electron chi connectivity index (χ3n) is 16.1. The fourth-order valence-electron chi connectivity index (χ4n) is 11.3. The minimum atomic E-state index is -7.22. The van der Waals surface area contributed by atoms with E-state index in [4.69, 9.17) is 0 Å². The molecule has 1 N–H and O–H groups in total. The topological polar surface area (TPSA) is 4.44 Å². The van der Waals surface area contributed by atoms with Gasteiger partial charge in [0, 0.05) is 0 Å². The fourth-order valence-corrected chi connectivity index (χ4v) is 11.3. The minimum absolute atomic E-state index is 1.37. The van der Waals surface area contributed by atoms with Crippen LogP contribution >= 0.6 is 0 Å². The lowest BCUT2D eigenvalue weighted by atomic mass is 9.12. The van der Waals surface area contributed by atoms with Crippen molar-refractivity contribution >= 4 is 28.0 Å². The summed E-state index contributed by atoms with van der Waals surface area (Å²) in [6.07, 6.45) is 42.8. The normalized spacial score (nSPS) is 11.9. The highest BCUT2D eigenvalue weighted by atomic mass is 19.2. The molecule has 0 aliphatic rings. The molecule has 0 spiro atoms. The first-order valence-electron chi connectivity index (χ1n) is 30.6. The molecule has 0 heterocycles. The van der Waals surface area contributed by atoms with Crippen LogP contribution in [-0.4, -0.2) is 26.3 Å². The Balaban J connectivity index is 0.000000449. The lowest BCUT2D eigenvalue weighted by Crippen LogP contribution is -3.09. The molecule has 4 rings (SSSR count). The van der Waals surface area contributed by atoms with Crippen molar-refractivity contribution in [3.63, 3.8) is 0 Å². The van der Waals surface area contributed by atoms with Crippen LogP contribution in [0.2, 0.25) is 0 Å². The standard InChI is InChI=1S/C39H81N.C24BF20/c1-4-6-8-10-12-14-16-18-20-22-24-26-28-30-32-34-36-38-40(3)39-37-35-33-31-29-27-25-23-21-19-17-15-13-11-9-7-5-2;26-5-1(6(27)14(35)21(42)13(5)34)25(2-7(28)15(36)22(43)16(37)8(2)29,3-9(30)17(38)23(44)18(39)10(3)31)4-11(32)19(40)24(45)20(41)12(4)33/h4-39H2,1-3H3;/q;-1/p+1. The molecule has 0 fully saturated rings. The van der Waals surface area contributed by atoms with Gasteiger partial charge in [-0.3, -0.25) is 0 Å². The van der Waals surface area contributed by atoms with Crippen LogP contribution in [0.5, 0.6) is 0 Å². The Morgan fingerprint density at radius 2 is 0.306 bits per heavy atom. The monoisotopic (exact) mass is 1240 g/mol. The smallest absolute Gasteiger partial charge is 0.200 e. The third kappa shape index (κ3) is 20.3. The summed E-state index contributed by atoms with van der Waals surface area (Å²) in [6, 6.07) is 0. The molecule has 22 heteroatoms. The van der Waals surface area contributed by atoms with Crippen molar-refractivity contribution in [3.05, 3.63) is 116 Å². The molecule has 0 aromatic heterocycles. The summed E-state index contributed by atoms with van der Waals surface area (Å²) in [5.74, 6) is -71.4. The van der Waals surface area contributed by atoms with E-state index in [0.29, 0.717) is 0 Å². The average molecular weight is 1240 g/mol. The van der Waals surface area contributed by atoms with E-state index in [-0.39, 0.29) is 0 Å². The van der Waals surface area contributed by atoms with E-state index < -0.39 is 144 Å². The van der Waals surface area contributed by atoms with Gasteiger partial charge in [-0.2, -0.15) is 0 Å². The molecule has 0 atom stereocenters. The van der Waals surface area contributed by atoms with Crippen LogP contribution in [0.1, 0.15) is 232 Å². The highest BCUT2D eigenvalue weighted by molar-refractivity contribution is 7.20. The molecule has 0 radical (unpaired) electrons. The molecule has 85 heavy (non-hydrogen) atoms. The van der Waals surface area contributed by atoms with Crippen LogP contribution in [0, 0.1) is 116 Å². The molecule has 0 amide bonds. The van der Waals surface area contributed by atoms with Gasteiger partial charge in [0.05, 0.1) is 20.1 Å². The Labute approximate surface area is 488 Å². The van der Waals surface area contributed by atoms with E-state index >= 15 is 35.1 Å². The predicted molar refractivity (Wildman–Crippen MR) is 294 cm³/mol. The number of hydrogen-bond acceptors (Lipinski definition) is 0. The van der Waals surface area contributed by atoms with E-state index in [2.05, 4.69) is 20.9 Å². The van der Waals surface area contributed by atoms with Crippen LogP contribution in [0.25, 0.3) is 0 Å². The van der Waals surface area contributed by atoms with Crippen LogP contribution in [0.15, 0.2) is 0 Å². The summed E-state index contributed by atoms with van der Waals surface area (Å²) < 4.78 is 294. The highest BCUT2D eigenvalue weighted by Gasteiger charge is 2.52. The first kappa shape index (κ1) is 74.8. The molecule has 0 unspecified atom stereocenters. The highest BCUT2D eigenvalue weighted by Crippen LogP contribution is 2.31. The largest absolute Gasteiger partial charge is 0.337 e. The summed E-state index contributed by atoms with van der Waals surface area (Å²) in [6.45, 7) is 7.42. The van der Waals surface area contributed by atoms with Crippen LogP contribution in [0.4, 0.5) is 87.8 Å². The van der Waals surface area contributed by atoms with Gasteiger partial charge < -0.3 is 4.90 Å². The van der Waals surface area contributed by atoms with Crippen molar-refractivity contribution in [3.8, 4) is 0 Å². The number of unbranched alkanes of at least 4 members (excludes halogenated alkanes) is 32. The van der Waals surface area contributed by atoms with E-state index in [9.17, 15) is 52.7 Å². The van der Waals surface area contributed by atoms with E-state index in [1.54, 1.807) is 4.90 Å². The molecular formula is C63H82BF20N. The number of quaternary nitrogens is 1. The van der Waals surface area contributed by atoms with E-state index in [0.717, 1.165) is 0 Å². The zero-order chi connectivity index (χ0) is 63.4. The Morgan fingerprint density at radius 1 is 0.188 bits per heavy atom. The zero-order valence-electron chi connectivity index (χ0n) is 49.1. The second-order valence-corrected chi connectivity index (χ2v) is 22.6. The van der Waals surface area contributed by atoms with Crippen molar-refractivity contribution < 1.29 is 92.7 Å². The molecule has 4 aromatic rings. The molecule has 482 valence electrons. The van der Waals surface area contributed by atoms with Crippen molar-refractivity contribution in [2.24, 2.45) is 0 Å². The van der Waals surface area contributed by atoms with Gasteiger partial charge >= 0.3 is 0 Å². The van der Waals surface area contributed by atoms with Gasteiger partial charge in [-0.05, 0) is 25.7 Å². The van der Waals surface area contributed by atoms with Gasteiger partial charge in [-0.15, -0.1) is 21.9 Å². The van der Waals surface area contributed by atoms with Crippen molar-refractivity contribution in [2.45, 2.75) is 232 Å². The van der Waals surface area contributed by atoms with Gasteiger partial charge in [0.2, 0.25) is 0 Å². The Morgan fingerprint density at radius 3 is 0.447 bits per heavy atom. The molecule has 0 aliphatic heterocycles. The zero-order valence-corrected chi connectivity index (χ0v) is 49.1. The summed E-state index contributed by atoms with van der Waals surface area (Å²) >= 11 is 0. The molecule has 0 aliphatic carbocycles. The Kier molecular flexibility index (Phi) is 34.0. The molecular weight excluding hydrogens is 1160 g/mol. The SMILES string of the molecule is CCCCCCCCCCCCCCCCCCC[NH+](C)CCCCCCCCCCCCCCCCCCC.Fc1c(F)c(F)c([B-](c2c(F)c(F)c(F)c(F)c2F)(c2c(F)c(F)c(F)c(F)c2F)c2c(F)c(F)c(F)c(F)c2F)c(F)c1F. The second kappa shape index (κ2) is 38.7. The number of benzene rings is 4. The summed E-state index contributed by atoms with van der Waals surface area (Å²) in [5, 5.41) is 0. The van der Waals surface area contributed by atoms with Gasteiger partial charge in [-0.1, -0.05) is 206 Å². The molecule has 0 bridgehead atoms. The van der Waals surface area contributed by atoms with Gasteiger partial charge in [0.25, 0.3) is 0 Å². The predicted octanol–water partition coefficient (Wildman–Crippen LogP) is 18.7. The maximum atomic E-state index is 15.4. The first-order valence-corrected chi connectivity index (χ1v) is 30.6. The van der Waals surface area contributed by atoms with Gasteiger partial charge in [0.1, 0.15) is 52.7 Å². The van der Waals surface area contributed by atoms with Crippen molar-refractivity contribution in [1.82, 2.24) is 0 Å². The maximum Gasteiger partial charge on any atom is 0.200 e. The third-order valence-corrected chi connectivity index (χ3v) is 16.1. The Hall–Kier alpha value is -4.50. The fraction of sp³-hybridized carbons (Fsp3) is 0.619. The molecule has 4 aromatic carbocycles. The molecule has 0 saturated heterocycles. The van der Waals surface area contributed by atoms with Gasteiger partial charge in [-0.25, -0.2) is 87.8 Å². The maximum absolute atomic E-state index is 15.4. The van der Waals surface area contributed by atoms with E-state index in [1.807, 2.05) is 0 Å². The number of rotatable bonds is 40. The van der Waals surface area contributed by atoms with Crippen LogP contribution in [0.3, 0.4) is 0 Å². The van der Waals surface area contributed by atoms with Crippen LogP contribution in [-0.2, 0) is 0 Å². The summed E-state index contributed by atoms with van der Waals surface area (Å²) in [5.41, 5.74) is -14.3. The number of nitrogens with one attached hydrogen (secondary N) is 1. The quantitative estimate of drug-likeness (QED) is 0.0149. The lowest BCUT2D eigenvalue weighted by Gasteiger charge is -2.44. The minimum Gasteiger partial charge on any atom is -0.337 e. The van der Waals surface area contributed by atoms with Crippen molar-refractivity contribution in [1.29, 1.82) is 0 Å². The summed E-state index contributed by atoms with van der Waals surface area (Å²) in [4.78, 5) is 1.78.